The number of nitrogens with zero attached hydrogens (tertiary/aromatic N) is 1. The Morgan fingerprint density at radius 3 is 2.57 bits per heavy atom. The van der Waals surface area contributed by atoms with Gasteiger partial charge in [-0.3, -0.25) is 4.79 Å². The van der Waals surface area contributed by atoms with Crippen molar-refractivity contribution in [3.05, 3.63) is 58.5 Å². The zero-order valence-corrected chi connectivity index (χ0v) is 16.8. The number of methoxy groups -OCH3 is 2. The van der Waals surface area contributed by atoms with Crippen molar-refractivity contribution in [2.75, 3.05) is 19.5 Å². The molecule has 28 heavy (non-hydrogen) atoms. The first kappa shape index (κ1) is 20.0. The fraction of sp³-hybridized carbons (Fsp3) is 0.200. The number of benzene rings is 2. The molecular formula is C20H18Cl2N2O4. The molecule has 0 aliphatic rings. The van der Waals surface area contributed by atoms with E-state index in [-0.39, 0.29) is 12.3 Å². The number of carbonyl (C=O) groups excluding carboxylic acids is 1. The number of nitrogens with one attached hydrogen (secondary N) is 1. The zero-order chi connectivity index (χ0) is 20.1. The van der Waals surface area contributed by atoms with Crippen LogP contribution in [0.5, 0.6) is 11.5 Å². The fourth-order valence-electron chi connectivity index (χ4n) is 2.60. The molecule has 0 saturated heterocycles. The Labute approximate surface area is 172 Å². The standard InChI is InChI=1S/C20H18Cl2N2O4/c1-26-16-10-17(27-2)15(9-14(16)22)24-19(25)7-8-20-23-11-18(28-20)12-5-3-4-6-13(12)21/h3-6,9-11H,7-8H2,1-2H3,(H,24,25). The van der Waals surface area contributed by atoms with Gasteiger partial charge >= 0.3 is 0 Å². The highest BCUT2D eigenvalue weighted by molar-refractivity contribution is 6.33. The molecule has 1 heterocycles. The maximum atomic E-state index is 12.3. The molecule has 0 radical (unpaired) electrons. The molecule has 1 amide bonds. The highest BCUT2D eigenvalue weighted by Gasteiger charge is 2.14. The van der Waals surface area contributed by atoms with Crippen molar-refractivity contribution in [3.63, 3.8) is 0 Å². The summed E-state index contributed by atoms with van der Waals surface area (Å²) in [5, 5.41) is 3.72. The number of hydrogen-bond donors (Lipinski definition) is 1. The van der Waals surface area contributed by atoms with Crippen molar-refractivity contribution >= 4 is 34.8 Å². The number of rotatable bonds is 7. The minimum atomic E-state index is -0.225. The van der Waals surface area contributed by atoms with Crippen LogP contribution in [0.15, 0.2) is 47.0 Å². The average Bonchev–Trinajstić information content (AvgIpc) is 3.16. The predicted octanol–water partition coefficient (Wildman–Crippen LogP) is 5.24. The first-order chi connectivity index (χ1) is 13.5. The second-order valence-electron chi connectivity index (χ2n) is 5.83. The number of oxazole rings is 1. The molecule has 146 valence electrons. The lowest BCUT2D eigenvalue weighted by atomic mass is 10.2. The molecular weight excluding hydrogens is 403 g/mol. The average molecular weight is 421 g/mol. The minimum Gasteiger partial charge on any atom is -0.495 e. The highest BCUT2D eigenvalue weighted by Crippen LogP contribution is 2.36. The van der Waals surface area contributed by atoms with Crippen molar-refractivity contribution in [1.82, 2.24) is 4.98 Å². The van der Waals surface area contributed by atoms with Crippen LogP contribution in [0, 0.1) is 0 Å². The topological polar surface area (TPSA) is 73.6 Å². The number of carbonyl (C=O) groups is 1. The van der Waals surface area contributed by atoms with E-state index in [1.165, 1.54) is 14.2 Å². The predicted molar refractivity (Wildman–Crippen MR) is 108 cm³/mol. The Bertz CT molecular complexity index is 988. The largest absolute Gasteiger partial charge is 0.495 e. The Balaban J connectivity index is 1.64. The van der Waals surface area contributed by atoms with Gasteiger partial charge in [-0.2, -0.15) is 0 Å². The first-order valence-corrected chi connectivity index (χ1v) is 9.18. The highest BCUT2D eigenvalue weighted by atomic mass is 35.5. The Hall–Kier alpha value is -2.70. The lowest BCUT2D eigenvalue weighted by Gasteiger charge is -2.12. The van der Waals surface area contributed by atoms with Crippen LogP contribution < -0.4 is 14.8 Å². The van der Waals surface area contributed by atoms with Gasteiger partial charge in [-0.05, 0) is 18.2 Å². The number of aryl methyl sites for hydroxylation is 1. The van der Waals surface area contributed by atoms with Gasteiger partial charge in [0.1, 0.15) is 11.5 Å². The van der Waals surface area contributed by atoms with Crippen LogP contribution in [0.1, 0.15) is 12.3 Å². The fourth-order valence-corrected chi connectivity index (χ4v) is 3.07. The second-order valence-corrected chi connectivity index (χ2v) is 6.65. The maximum Gasteiger partial charge on any atom is 0.224 e. The summed E-state index contributed by atoms with van der Waals surface area (Å²) in [6, 6.07) is 10.5. The van der Waals surface area contributed by atoms with Crippen molar-refractivity contribution < 1.29 is 18.7 Å². The number of ether oxygens (including phenoxy) is 2. The van der Waals surface area contributed by atoms with Crippen LogP contribution in [0.25, 0.3) is 11.3 Å². The van der Waals surface area contributed by atoms with Crippen LogP contribution in [0.2, 0.25) is 10.0 Å². The van der Waals surface area contributed by atoms with Crippen LogP contribution in [0.4, 0.5) is 5.69 Å². The molecule has 0 fully saturated rings. The Morgan fingerprint density at radius 2 is 1.86 bits per heavy atom. The molecule has 0 spiro atoms. The third-order valence-corrected chi connectivity index (χ3v) is 4.63. The van der Waals surface area contributed by atoms with E-state index in [4.69, 9.17) is 37.1 Å². The molecule has 0 saturated carbocycles. The molecule has 1 aromatic heterocycles. The molecule has 1 N–H and O–H groups in total. The quantitative estimate of drug-likeness (QED) is 0.565. The lowest BCUT2D eigenvalue weighted by molar-refractivity contribution is -0.116. The van der Waals surface area contributed by atoms with Gasteiger partial charge in [-0.1, -0.05) is 35.3 Å². The molecule has 3 aromatic rings. The smallest absolute Gasteiger partial charge is 0.224 e. The van der Waals surface area contributed by atoms with Gasteiger partial charge in [0.2, 0.25) is 5.91 Å². The van der Waals surface area contributed by atoms with Crippen molar-refractivity contribution in [2.45, 2.75) is 12.8 Å². The van der Waals surface area contributed by atoms with Gasteiger partial charge in [0.25, 0.3) is 0 Å². The molecule has 3 rings (SSSR count). The number of aromatic nitrogens is 1. The van der Waals surface area contributed by atoms with Crippen molar-refractivity contribution in [2.24, 2.45) is 0 Å². The first-order valence-electron chi connectivity index (χ1n) is 8.42. The Kier molecular flexibility index (Phi) is 6.44. The van der Waals surface area contributed by atoms with Gasteiger partial charge < -0.3 is 19.2 Å². The maximum absolute atomic E-state index is 12.3. The normalized spacial score (nSPS) is 10.6. The number of hydrogen-bond acceptors (Lipinski definition) is 5. The summed E-state index contributed by atoms with van der Waals surface area (Å²) in [6.45, 7) is 0. The van der Waals surface area contributed by atoms with E-state index in [1.807, 2.05) is 18.2 Å². The summed E-state index contributed by atoms with van der Waals surface area (Å²) in [5.74, 6) is 1.70. The number of anilines is 1. The van der Waals surface area contributed by atoms with Crippen LogP contribution in [-0.4, -0.2) is 25.1 Å². The molecule has 0 atom stereocenters. The monoisotopic (exact) mass is 420 g/mol. The van der Waals surface area contributed by atoms with Gasteiger partial charge in [-0.25, -0.2) is 4.98 Å². The van der Waals surface area contributed by atoms with Gasteiger partial charge in [0.05, 0.1) is 36.1 Å². The van der Waals surface area contributed by atoms with Crippen LogP contribution >= 0.6 is 23.2 Å². The van der Waals surface area contributed by atoms with Gasteiger partial charge in [-0.15, -0.1) is 0 Å². The summed E-state index contributed by atoms with van der Waals surface area (Å²) < 4.78 is 16.1. The van der Waals surface area contributed by atoms with E-state index in [2.05, 4.69) is 10.3 Å². The third kappa shape index (κ3) is 4.58. The summed E-state index contributed by atoms with van der Waals surface area (Å²) in [6.07, 6.45) is 2.11. The second kappa shape index (κ2) is 8.99. The lowest BCUT2D eigenvalue weighted by Crippen LogP contribution is -2.13. The summed E-state index contributed by atoms with van der Waals surface area (Å²) >= 11 is 12.3. The number of halogens is 2. The number of amides is 1. The van der Waals surface area contributed by atoms with E-state index in [0.717, 1.165) is 5.56 Å². The van der Waals surface area contributed by atoms with Gasteiger partial charge in [0.15, 0.2) is 11.7 Å². The van der Waals surface area contributed by atoms with Crippen LogP contribution in [0.3, 0.4) is 0 Å². The zero-order valence-electron chi connectivity index (χ0n) is 15.3. The van der Waals surface area contributed by atoms with E-state index in [9.17, 15) is 4.79 Å². The van der Waals surface area contributed by atoms with Crippen LogP contribution in [-0.2, 0) is 11.2 Å². The van der Waals surface area contributed by atoms with E-state index in [0.29, 0.717) is 45.3 Å². The van der Waals surface area contributed by atoms with E-state index in [1.54, 1.807) is 24.4 Å². The molecule has 0 aliphatic carbocycles. The SMILES string of the molecule is COc1cc(OC)c(NC(=O)CCc2ncc(-c3ccccc3Cl)o2)cc1Cl. The summed E-state index contributed by atoms with van der Waals surface area (Å²) in [4.78, 5) is 16.5. The molecule has 2 aromatic carbocycles. The summed E-state index contributed by atoms with van der Waals surface area (Å²) in [7, 11) is 3.01. The molecule has 8 heteroatoms. The summed E-state index contributed by atoms with van der Waals surface area (Å²) in [5.41, 5.74) is 1.22. The Morgan fingerprint density at radius 1 is 1.11 bits per heavy atom. The van der Waals surface area contributed by atoms with Crippen molar-refractivity contribution in [3.8, 4) is 22.8 Å². The third-order valence-electron chi connectivity index (χ3n) is 4.01. The molecule has 0 bridgehead atoms. The van der Waals surface area contributed by atoms with E-state index >= 15 is 0 Å². The molecule has 0 aliphatic heterocycles. The van der Waals surface area contributed by atoms with Gasteiger partial charge in [0, 0.05) is 24.5 Å². The molecule has 6 nitrogen and oxygen atoms in total. The van der Waals surface area contributed by atoms with E-state index < -0.39 is 0 Å². The minimum absolute atomic E-state index is 0.176. The molecule has 0 unspecified atom stereocenters. The van der Waals surface area contributed by atoms with Crippen molar-refractivity contribution in [1.29, 1.82) is 0 Å².